The predicted molar refractivity (Wildman–Crippen MR) is 81.3 cm³/mol. The van der Waals surface area contributed by atoms with Gasteiger partial charge < -0.3 is 15.2 Å². The summed E-state index contributed by atoms with van der Waals surface area (Å²) in [5.74, 6) is 0.401. The molecule has 0 amide bonds. The second-order valence-corrected chi connectivity index (χ2v) is 5.34. The molecule has 1 atom stereocenters. The number of para-hydroxylation sites is 1. The number of nitrogens with zero attached hydrogens (tertiary/aromatic N) is 1. The number of rotatable bonds is 7. The van der Waals surface area contributed by atoms with Crippen LogP contribution >= 0.6 is 0 Å². The first kappa shape index (κ1) is 15.8. The Morgan fingerprint density at radius 2 is 2.05 bits per heavy atom. The van der Waals surface area contributed by atoms with Crippen molar-refractivity contribution >= 4 is 5.97 Å². The van der Waals surface area contributed by atoms with Gasteiger partial charge in [-0.1, -0.05) is 18.2 Å². The van der Waals surface area contributed by atoms with Gasteiger partial charge in [0.05, 0.1) is 7.11 Å². The van der Waals surface area contributed by atoms with Crippen molar-refractivity contribution in [2.75, 3.05) is 33.4 Å². The molecule has 116 valence electrons. The molecule has 0 radical (unpaired) electrons. The van der Waals surface area contributed by atoms with Crippen LogP contribution in [-0.2, 0) is 16.0 Å². The maximum atomic E-state index is 11.4. The van der Waals surface area contributed by atoms with Crippen LogP contribution in [0.25, 0.3) is 0 Å². The van der Waals surface area contributed by atoms with E-state index in [-0.39, 0.29) is 0 Å². The van der Waals surface area contributed by atoms with E-state index in [1.54, 1.807) is 0 Å². The molecule has 0 bridgehead atoms. The summed E-state index contributed by atoms with van der Waals surface area (Å²) in [4.78, 5) is 13.8. The van der Waals surface area contributed by atoms with Crippen LogP contribution in [0.1, 0.15) is 18.4 Å². The monoisotopic (exact) mass is 292 g/mol. The Hall–Kier alpha value is -1.59. The van der Waals surface area contributed by atoms with Crippen LogP contribution < -0.4 is 10.5 Å². The third-order valence-corrected chi connectivity index (χ3v) is 3.78. The number of ether oxygens (including phenoxy) is 2. The highest BCUT2D eigenvalue weighted by Crippen LogP contribution is 2.19. The van der Waals surface area contributed by atoms with Gasteiger partial charge in [-0.05, 0) is 37.6 Å². The molecule has 1 aromatic carbocycles. The highest BCUT2D eigenvalue weighted by atomic mass is 16.5. The number of benzene rings is 1. The van der Waals surface area contributed by atoms with E-state index >= 15 is 0 Å². The summed E-state index contributed by atoms with van der Waals surface area (Å²) < 4.78 is 10.5. The number of nitrogens with two attached hydrogens (primary N) is 1. The van der Waals surface area contributed by atoms with E-state index in [0.29, 0.717) is 13.0 Å². The Balaban J connectivity index is 1.88. The Morgan fingerprint density at radius 3 is 2.76 bits per heavy atom. The molecular weight excluding hydrogens is 268 g/mol. The molecule has 21 heavy (non-hydrogen) atoms. The fourth-order valence-corrected chi connectivity index (χ4v) is 2.58. The van der Waals surface area contributed by atoms with Gasteiger partial charge in [-0.15, -0.1) is 0 Å². The largest absolute Gasteiger partial charge is 0.492 e. The summed E-state index contributed by atoms with van der Waals surface area (Å²) >= 11 is 0. The summed E-state index contributed by atoms with van der Waals surface area (Å²) in [6.07, 6.45) is 2.99. The Morgan fingerprint density at radius 1 is 1.33 bits per heavy atom. The van der Waals surface area contributed by atoms with Crippen LogP contribution in [0.2, 0.25) is 0 Å². The lowest BCUT2D eigenvalue weighted by molar-refractivity contribution is -0.142. The van der Waals surface area contributed by atoms with E-state index in [2.05, 4.69) is 9.64 Å². The zero-order valence-electron chi connectivity index (χ0n) is 12.6. The van der Waals surface area contributed by atoms with Crippen LogP contribution in [0.4, 0.5) is 0 Å². The smallest absolute Gasteiger partial charge is 0.322 e. The average molecular weight is 292 g/mol. The molecule has 5 nitrogen and oxygen atoms in total. The van der Waals surface area contributed by atoms with Crippen molar-refractivity contribution in [1.82, 2.24) is 4.90 Å². The Bertz CT molecular complexity index is 459. The maximum absolute atomic E-state index is 11.4. The van der Waals surface area contributed by atoms with E-state index in [9.17, 15) is 4.79 Å². The molecular formula is C16H24N2O3. The quantitative estimate of drug-likeness (QED) is 0.765. The molecule has 0 aliphatic carbocycles. The van der Waals surface area contributed by atoms with E-state index in [4.69, 9.17) is 10.5 Å². The van der Waals surface area contributed by atoms with Crippen molar-refractivity contribution < 1.29 is 14.3 Å². The third-order valence-electron chi connectivity index (χ3n) is 3.78. The number of carbonyl (C=O) groups is 1. The van der Waals surface area contributed by atoms with Crippen molar-refractivity contribution in [3.8, 4) is 5.75 Å². The minimum Gasteiger partial charge on any atom is -0.492 e. The molecule has 1 heterocycles. The summed E-state index contributed by atoms with van der Waals surface area (Å²) in [7, 11) is 1.35. The fourth-order valence-electron chi connectivity index (χ4n) is 2.58. The van der Waals surface area contributed by atoms with E-state index < -0.39 is 12.0 Å². The molecule has 1 fully saturated rings. The van der Waals surface area contributed by atoms with Crippen molar-refractivity contribution in [1.29, 1.82) is 0 Å². The van der Waals surface area contributed by atoms with E-state index in [1.165, 1.54) is 20.0 Å². The normalized spacial score (nSPS) is 16.7. The molecule has 2 rings (SSSR count). The van der Waals surface area contributed by atoms with Gasteiger partial charge in [0.25, 0.3) is 0 Å². The van der Waals surface area contributed by atoms with Crippen LogP contribution in [0.3, 0.4) is 0 Å². The first-order valence-corrected chi connectivity index (χ1v) is 7.47. The average Bonchev–Trinajstić information content (AvgIpc) is 3.01. The number of likely N-dealkylation sites (tertiary alicyclic amines) is 1. The molecule has 0 saturated carbocycles. The molecule has 1 aliphatic heterocycles. The van der Waals surface area contributed by atoms with Gasteiger partial charge in [-0.25, -0.2) is 0 Å². The molecule has 1 saturated heterocycles. The maximum Gasteiger partial charge on any atom is 0.322 e. The molecule has 0 aromatic heterocycles. The number of carbonyl (C=O) groups excluding carboxylic acids is 1. The minimum atomic E-state index is -0.654. The van der Waals surface area contributed by atoms with E-state index in [1.807, 2.05) is 24.3 Å². The fraction of sp³-hybridized carbons (Fsp3) is 0.562. The molecule has 1 unspecified atom stereocenters. The van der Waals surface area contributed by atoms with Crippen molar-refractivity contribution in [3.05, 3.63) is 29.8 Å². The lowest BCUT2D eigenvalue weighted by atomic mass is 10.1. The summed E-state index contributed by atoms with van der Waals surface area (Å²) in [6, 6.07) is 7.06. The lowest BCUT2D eigenvalue weighted by Gasteiger charge is -2.17. The number of hydrogen-bond acceptors (Lipinski definition) is 5. The molecule has 2 N–H and O–H groups in total. The Labute approximate surface area is 126 Å². The van der Waals surface area contributed by atoms with Gasteiger partial charge in [0.1, 0.15) is 18.4 Å². The van der Waals surface area contributed by atoms with Crippen LogP contribution in [0.5, 0.6) is 5.75 Å². The third kappa shape index (κ3) is 4.72. The summed E-state index contributed by atoms with van der Waals surface area (Å²) in [6.45, 7) is 3.93. The standard InChI is InChI=1S/C16H24N2O3/c1-20-16(19)14(17)12-13-6-2-3-7-15(13)21-11-10-18-8-4-5-9-18/h2-3,6-7,14H,4-5,8-12,17H2,1H3. The zero-order chi connectivity index (χ0) is 15.1. The SMILES string of the molecule is COC(=O)C(N)Cc1ccccc1OCCN1CCCC1. The lowest BCUT2D eigenvalue weighted by Crippen LogP contribution is -2.33. The first-order valence-electron chi connectivity index (χ1n) is 7.47. The highest BCUT2D eigenvalue weighted by Gasteiger charge is 2.17. The molecule has 1 aromatic rings. The van der Waals surface area contributed by atoms with Crippen LogP contribution in [0.15, 0.2) is 24.3 Å². The van der Waals surface area contributed by atoms with Crippen molar-refractivity contribution in [2.24, 2.45) is 5.73 Å². The number of methoxy groups -OCH3 is 1. The number of hydrogen-bond donors (Lipinski definition) is 1. The minimum absolute atomic E-state index is 0.401. The first-order chi connectivity index (χ1) is 10.2. The predicted octanol–water partition coefficient (Wildman–Crippen LogP) is 1.20. The topological polar surface area (TPSA) is 64.8 Å². The van der Waals surface area contributed by atoms with Gasteiger partial charge in [-0.3, -0.25) is 9.69 Å². The van der Waals surface area contributed by atoms with Crippen LogP contribution in [0, 0.1) is 0 Å². The van der Waals surface area contributed by atoms with Crippen molar-refractivity contribution in [3.63, 3.8) is 0 Å². The Kier molecular flexibility index (Phi) is 6.02. The zero-order valence-corrected chi connectivity index (χ0v) is 12.6. The second-order valence-electron chi connectivity index (χ2n) is 5.34. The molecule has 1 aliphatic rings. The molecule has 5 heteroatoms. The van der Waals surface area contributed by atoms with Gasteiger partial charge in [0.2, 0.25) is 0 Å². The highest BCUT2D eigenvalue weighted by molar-refractivity contribution is 5.75. The number of esters is 1. The van der Waals surface area contributed by atoms with Crippen LogP contribution in [-0.4, -0.2) is 50.3 Å². The van der Waals surface area contributed by atoms with Gasteiger partial charge in [-0.2, -0.15) is 0 Å². The van der Waals surface area contributed by atoms with Gasteiger partial charge >= 0.3 is 5.97 Å². The second kappa shape index (κ2) is 8.00. The van der Waals surface area contributed by atoms with Gasteiger partial charge in [0.15, 0.2) is 0 Å². The molecule has 0 spiro atoms. The van der Waals surface area contributed by atoms with Crippen molar-refractivity contribution in [2.45, 2.75) is 25.3 Å². The van der Waals surface area contributed by atoms with Gasteiger partial charge in [0, 0.05) is 13.0 Å². The summed E-state index contributed by atoms with van der Waals surface area (Å²) in [5.41, 5.74) is 6.76. The van der Waals surface area contributed by atoms with E-state index in [0.717, 1.165) is 30.9 Å². The summed E-state index contributed by atoms with van der Waals surface area (Å²) in [5, 5.41) is 0.